The van der Waals surface area contributed by atoms with Crippen LogP contribution in [0.5, 0.6) is 5.75 Å². The third kappa shape index (κ3) is 7.61. The molecule has 1 atom stereocenters. The van der Waals surface area contributed by atoms with E-state index in [2.05, 4.69) is 21.5 Å². The van der Waals surface area contributed by atoms with Crippen molar-refractivity contribution in [3.8, 4) is 5.75 Å². The lowest BCUT2D eigenvalue weighted by Crippen LogP contribution is -2.54. The average Bonchev–Trinajstić information content (AvgIpc) is 2.63. The Morgan fingerprint density at radius 2 is 1.92 bits per heavy atom. The minimum Gasteiger partial charge on any atom is -0.497 e. The topological polar surface area (TPSA) is 91.5 Å². The summed E-state index contributed by atoms with van der Waals surface area (Å²) >= 11 is 6.59. The molecule has 0 aliphatic carbocycles. The van der Waals surface area contributed by atoms with Crippen molar-refractivity contribution in [2.45, 2.75) is 19.4 Å². The number of thioether (sulfide) groups is 1. The van der Waals surface area contributed by atoms with Crippen molar-refractivity contribution < 1.29 is 14.3 Å². The Balaban J connectivity index is 2.68. The number of hydrogen-bond donors (Lipinski definition) is 4. The van der Waals surface area contributed by atoms with Crippen LogP contribution >= 0.6 is 24.0 Å². The van der Waals surface area contributed by atoms with Gasteiger partial charge in [-0.05, 0) is 61.8 Å². The summed E-state index contributed by atoms with van der Waals surface area (Å²) in [6.07, 6.45) is 2.45. The summed E-state index contributed by atoms with van der Waals surface area (Å²) in [6, 6.07) is 6.02. The first-order chi connectivity index (χ1) is 12.0. The van der Waals surface area contributed by atoms with Crippen LogP contribution in [0.3, 0.4) is 0 Å². The quantitative estimate of drug-likeness (QED) is 0.393. The fourth-order valence-corrected chi connectivity index (χ4v) is 2.57. The van der Waals surface area contributed by atoms with Crippen LogP contribution in [0.4, 0.5) is 0 Å². The summed E-state index contributed by atoms with van der Waals surface area (Å²) < 4.78 is 5.07. The van der Waals surface area contributed by atoms with Gasteiger partial charge in [0.1, 0.15) is 11.8 Å². The van der Waals surface area contributed by atoms with E-state index >= 15 is 0 Å². The summed E-state index contributed by atoms with van der Waals surface area (Å²) in [5.74, 6) is 0.724. The number of hydrazine groups is 1. The first kappa shape index (κ1) is 21.0. The lowest BCUT2D eigenvalue weighted by atomic mass is 10.1. The van der Waals surface area contributed by atoms with Gasteiger partial charge >= 0.3 is 0 Å². The zero-order valence-corrected chi connectivity index (χ0v) is 16.2. The second kappa shape index (κ2) is 11.5. The highest BCUT2D eigenvalue weighted by Crippen LogP contribution is 2.11. The minimum atomic E-state index is -0.668. The number of benzene rings is 1. The number of hydrogen-bond acceptors (Lipinski definition) is 5. The third-order valence-electron chi connectivity index (χ3n) is 3.22. The zero-order chi connectivity index (χ0) is 18.7. The van der Waals surface area contributed by atoms with Gasteiger partial charge in [0, 0.05) is 12.1 Å². The van der Waals surface area contributed by atoms with Gasteiger partial charge in [-0.3, -0.25) is 20.4 Å². The summed E-state index contributed by atoms with van der Waals surface area (Å²) in [5, 5.41) is 5.94. The van der Waals surface area contributed by atoms with Gasteiger partial charge in [0.05, 0.1) is 7.11 Å². The maximum atomic E-state index is 12.4. The summed E-state index contributed by atoms with van der Waals surface area (Å²) in [6.45, 7) is 2.54. The number of methoxy groups -OCH3 is 1. The normalized spacial score (nSPS) is 11.2. The molecule has 25 heavy (non-hydrogen) atoms. The molecule has 0 saturated heterocycles. The first-order valence-electron chi connectivity index (χ1n) is 7.79. The van der Waals surface area contributed by atoms with Gasteiger partial charge < -0.3 is 15.4 Å². The molecule has 0 aromatic heterocycles. The minimum absolute atomic E-state index is 0.320. The Hall–Kier alpha value is -2.00. The molecule has 1 rings (SSSR count). The molecule has 0 aliphatic heterocycles. The van der Waals surface area contributed by atoms with Crippen LogP contribution < -0.4 is 26.2 Å². The number of thiocarbonyl (C=S) groups is 1. The van der Waals surface area contributed by atoms with Gasteiger partial charge in [-0.25, -0.2) is 0 Å². The van der Waals surface area contributed by atoms with E-state index in [1.54, 1.807) is 43.1 Å². The third-order valence-corrected chi connectivity index (χ3v) is 4.11. The van der Waals surface area contributed by atoms with Gasteiger partial charge in [0.15, 0.2) is 5.11 Å². The van der Waals surface area contributed by atoms with E-state index in [4.69, 9.17) is 17.0 Å². The molecule has 0 spiro atoms. The lowest BCUT2D eigenvalue weighted by molar-refractivity contribution is -0.123. The van der Waals surface area contributed by atoms with E-state index in [9.17, 15) is 9.59 Å². The summed E-state index contributed by atoms with van der Waals surface area (Å²) in [4.78, 5) is 24.7. The van der Waals surface area contributed by atoms with Crippen LogP contribution in [0.25, 0.3) is 0 Å². The molecule has 1 unspecified atom stereocenters. The van der Waals surface area contributed by atoms with Crippen molar-refractivity contribution >= 4 is 40.9 Å². The Morgan fingerprint density at radius 3 is 2.48 bits per heavy atom. The predicted octanol–water partition coefficient (Wildman–Crippen LogP) is 1.06. The van der Waals surface area contributed by atoms with Gasteiger partial charge in [-0.1, -0.05) is 0 Å². The fourth-order valence-electron chi connectivity index (χ4n) is 1.90. The van der Waals surface area contributed by atoms with Crippen molar-refractivity contribution in [1.82, 2.24) is 21.5 Å². The monoisotopic (exact) mass is 384 g/mol. The second-order valence-corrected chi connectivity index (χ2v) is 6.40. The van der Waals surface area contributed by atoms with Crippen molar-refractivity contribution in [2.75, 3.05) is 25.7 Å². The van der Waals surface area contributed by atoms with Crippen LogP contribution in [0.2, 0.25) is 0 Å². The highest BCUT2D eigenvalue weighted by molar-refractivity contribution is 7.98. The Morgan fingerprint density at radius 1 is 1.24 bits per heavy atom. The van der Waals surface area contributed by atoms with Gasteiger partial charge in [0.25, 0.3) is 11.8 Å². The molecule has 0 aliphatic rings. The summed E-state index contributed by atoms with van der Waals surface area (Å²) in [5.41, 5.74) is 5.59. The number of rotatable bonds is 8. The lowest BCUT2D eigenvalue weighted by Gasteiger charge is -2.19. The molecule has 0 fully saturated rings. The van der Waals surface area contributed by atoms with E-state index in [0.29, 0.717) is 29.4 Å². The number of amides is 2. The van der Waals surface area contributed by atoms with Crippen LogP contribution in [0, 0.1) is 0 Å². The van der Waals surface area contributed by atoms with Gasteiger partial charge in [-0.2, -0.15) is 11.8 Å². The van der Waals surface area contributed by atoms with Crippen LogP contribution in [0.15, 0.2) is 24.3 Å². The van der Waals surface area contributed by atoms with E-state index < -0.39 is 6.04 Å². The molecule has 4 N–H and O–H groups in total. The maximum absolute atomic E-state index is 12.4. The molecule has 0 radical (unpaired) electrons. The largest absolute Gasteiger partial charge is 0.497 e. The Bertz CT molecular complexity index is 581. The van der Waals surface area contributed by atoms with Crippen LogP contribution in [0.1, 0.15) is 23.7 Å². The van der Waals surface area contributed by atoms with E-state index in [0.717, 1.165) is 5.75 Å². The molecule has 9 heteroatoms. The second-order valence-electron chi connectivity index (χ2n) is 5.01. The molecule has 7 nitrogen and oxygen atoms in total. The fraction of sp³-hybridized carbons (Fsp3) is 0.438. The molecule has 0 saturated carbocycles. The highest BCUT2D eigenvalue weighted by atomic mass is 32.2. The van der Waals surface area contributed by atoms with Gasteiger partial charge in [0.2, 0.25) is 0 Å². The maximum Gasteiger partial charge on any atom is 0.260 e. The molecule has 2 amide bonds. The molecular formula is C16H24N4O3S2. The molecule has 0 heterocycles. The zero-order valence-electron chi connectivity index (χ0n) is 14.5. The number of carbonyl (C=O) groups is 2. The van der Waals surface area contributed by atoms with E-state index in [1.165, 1.54) is 0 Å². The van der Waals surface area contributed by atoms with Crippen molar-refractivity contribution in [3.05, 3.63) is 29.8 Å². The molecular weight excluding hydrogens is 360 g/mol. The predicted molar refractivity (Wildman–Crippen MR) is 105 cm³/mol. The Labute approximate surface area is 157 Å². The Kier molecular flexibility index (Phi) is 9.71. The molecule has 1 aromatic rings. The van der Waals surface area contributed by atoms with Crippen molar-refractivity contribution in [3.63, 3.8) is 0 Å². The average molecular weight is 385 g/mol. The number of ether oxygens (including phenoxy) is 1. The molecule has 1 aromatic carbocycles. The van der Waals surface area contributed by atoms with Crippen LogP contribution in [-0.2, 0) is 4.79 Å². The van der Waals surface area contributed by atoms with Crippen molar-refractivity contribution in [2.24, 2.45) is 0 Å². The van der Waals surface area contributed by atoms with Gasteiger partial charge in [-0.15, -0.1) is 0 Å². The smallest absolute Gasteiger partial charge is 0.260 e. The standard InChI is InChI=1S/C16H24N4O3S2/c1-4-17-16(24)20-19-15(22)13(9-10-25-3)18-14(21)11-5-7-12(23-2)8-6-11/h5-8,13H,4,9-10H2,1-3H3,(H,18,21)(H,19,22)(H2,17,20,24). The SMILES string of the molecule is CCNC(=S)NNC(=O)C(CCSC)NC(=O)c1ccc(OC)cc1. The molecule has 0 bridgehead atoms. The first-order valence-corrected chi connectivity index (χ1v) is 9.59. The van der Waals surface area contributed by atoms with Crippen LogP contribution in [-0.4, -0.2) is 48.6 Å². The highest BCUT2D eigenvalue weighted by Gasteiger charge is 2.21. The molecule has 138 valence electrons. The summed E-state index contributed by atoms with van der Waals surface area (Å²) in [7, 11) is 1.56. The number of carbonyl (C=O) groups excluding carboxylic acids is 2. The van der Waals surface area contributed by atoms with Crippen molar-refractivity contribution in [1.29, 1.82) is 0 Å². The number of nitrogens with one attached hydrogen (secondary N) is 4. The van der Waals surface area contributed by atoms with E-state index in [-0.39, 0.29) is 11.8 Å². The van der Waals surface area contributed by atoms with E-state index in [1.807, 2.05) is 13.2 Å².